The zero-order valence-electron chi connectivity index (χ0n) is 34.9. The summed E-state index contributed by atoms with van der Waals surface area (Å²) in [4.78, 5) is 29.8. The van der Waals surface area contributed by atoms with E-state index in [-0.39, 0.29) is 25.9 Å². The van der Waals surface area contributed by atoms with Crippen LogP contribution in [-0.4, -0.2) is 160 Å². The number of Topliss-reactive ketones (excluding diaryl/α,β-unsaturated/α-hetero) is 1. The molecule has 0 amide bonds. The van der Waals surface area contributed by atoms with Crippen LogP contribution < -0.4 is 0 Å². The number of ketones is 1. The van der Waals surface area contributed by atoms with E-state index in [0.717, 1.165) is 0 Å². The number of methoxy groups -OCH3 is 1. The summed E-state index contributed by atoms with van der Waals surface area (Å²) >= 11 is 0. The van der Waals surface area contributed by atoms with E-state index in [0.29, 0.717) is 0 Å². The summed E-state index contributed by atoms with van der Waals surface area (Å²) in [5.74, 6) is -5.29. The summed E-state index contributed by atoms with van der Waals surface area (Å²) in [5, 5.41) is 67.4. The Morgan fingerprint density at radius 2 is 1.51 bits per heavy atom. The average molecular weight is 789 g/mol. The van der Waals surface area contributed by atoms with Crippen LogP contribution in [0.2, 0.25) is 0 Å². The number of hydrogen-bond donors (Lipinski definition) is 5. The van der Waals surface area contributed by atoms with Crippen LogP contribution in [0.4, 0.5) is 0 Å². The standard InChI is InChI=1S/C39H68N2O14/c1-14-25-39(10,48)32(44)20(3)28(42)19(2)17-37(8,47)34(55-36-29(43)27(41(11)12)31(23(6)52-36)50-16-15-40)21(4)30(22(5)35(46)53-25)54-26-18-38(9,49-13)33(45)24(7)51-26/h19-27,29-34,36,43-45,47-48H,14,16-18H2,1-13H3/t19-,20+,21+,22-,23-,24+,25-,26+,27-,29-,30+,31-,32-,33+,34-,36+,37-,38-,39-/m1/s1. The van der Waals surface area contributed by atoms with E-state index < -0.39 is 126 Å². The van der Waals surface area contributed by atoms with Crippen molar-refractivity contribution in [2.45, 2.75) is 179 Å². The maximum Gasteiger partial charge on any atom is 0.311 e. The third kappa shape index (κ3) is 10.2. The van der Waals surface area contributed by atoms with Crippen LogP contribution in [0.5, 0.6) is 0 Å². The predicted molar refractivity (Wildman–Crippen MR) is 197 cm³/mol. The van der Waals surface area contributed by atoms with Gasteiger partial charge >= 0.3 is 5.97 Å². The quantitative estimate of drug-likeness (QED) is 0.208. The SMILES string of the molecule is CC[C@H]1OC(=O)[C@H](C)[C@@H](O[C@H]2C[C@@](C)(OC)[C@@H](O)[C@H](C)O2)[C@H](C)[C@@H](O[C@@H]2O[C@H](C)[C@@H](OCC#N)[C@H](N(C)C)[C@H]2O)[C@](C)(O)C[C@@H](C)C(=O)[C@H](C)[C@@H](O)[C@]1(C)O. The van der Waals surface area contributed by atoms with Gasteiger partial charge in [0.2, 0.25) is 0 Å². The predicted octanol–water partition coefficient (Wildman–Crippen LogP) is 1.30. The van der Waals surface area contributed by atoms with Crippen molar-refractivity contribution in [3.8, 4) is 6.07 Å². The molecule has 0 unspecified atom stereocenters. The molecule has 5 N–H and O–H groups in total. The third-order valence-electron chi connectivity index (χ3n) is 12.3. The lowest BCUT2D eigenvalue weighted by molar-refractivity contribution is -0.329. The van der Waals surface area contributed by atoms with Crippen LogP contribution in [0, 0.1) is 35.0 Å². The molecular weight excluding hydrogens is 720 g/mol. The van der Waals surface area contributed by atoms with Crippen molar-refractivity contribution in [1.82, 2.24) is 4.90 Å². The first-order valence-corrected chi connectivity index (χ1v) is 19.4. The Morgan fingerprint density at radius 1 is 0.891 bits per heavy atom. The highest BCUT2D eigenvalue weighted by Gasteiger charge is 2.54. The highest BCUT2D eigenvalue weighted by Crippen LogP contribution is 2.41. The van der Waals surface area contributed by atoms with Gasteiger partial charge in [0.15, 0.2) is 12.6 Å². The maximum atomic E-state index is 14.2. The lowest BCUT2D eigenvalue weighted by Gasteiger charge is -2.50. The van der Waals surface area contributed by atoms with E-state index in [4.69, 9.17) is 33.2 Å². The van der Waals surface area contributed by atoms with E-state index in [9.17, 15) is 40.4 Å². The lowest BCUT2D eigenvalue weighted by Crippen LogP contribution is -2.65. The molecule has 0 bridgehead atoms. The van der Waals surface area contributed by atoms with Crippen molar-refractivity contribution in [3.63, 3.8) is 0 Å². The van der Waals surface area contributed by atoms with Gasteiger partial charge in [0.25, 0.3) is 0 Å². The monoisotopic (exact) mass is 788 g/mol. The molecule has 0 aromatic carbocycles. The van der Waals surface area contributed by atoms with Gasteiger partial charge in [-0.15, -0.1) is 0 Å². The Hall–Kier alpha value is -1.85. The number of hydrogen-bond acceptors (Lipinski definition) is 16. The second-order valence-electron chi connectivity index (χ2n) is 17.0. The van der Waals surface area contributed by atoms with Crippen LogP contribution in [0.25, 0.3) is 0 Å². The minimum Gasteiger partial charge on any atom is -0.459 e. The Morgan fingerprint density at radius 3 is 2.05 bits per heavy atom. The van der Waals surface area contributed by atoms with Gasteiger partial charge in [0, 0.05) is 31.3 Å². The zero-order chi connectivity index (χ0) is 42.0. The average Bonchev–Trinajstić information content (AvgIpc) is 3.11. The molecule has 0 aliphatic carbocycles. The molecule has 0 aromatic heterocycles. The van der Waals surface area contributed by atoms with Gasteiger partial charge < -0.3 is 63.6 Å². The molecule has 3 aliphatic rings. The molecule has 55 heavy (non-hydrogen) atoms. The molecule has 0 radical (unpaired) electrons. The number of nitriles is 1. The second kappa shape index (κ2) is 18.8. The normalized spacial score (nSPS) is 48.2. The summed E-state index contributed by atoms with van der Waals surface area (Å²) in [6.45, 7) is 15.7. The fourth-order valence-corrected chi connectivity index (χ4v) is 8.84. The van der Waals surface area contributed by atoms with E-state index >= 15 is 0 Å². The summed E-state index contributed by atoms with van der Waals surface area (Å²) < 4.78 is 43.0. The van der Waals surface area contributed by atoms with Crippen LogP contribution in [0.15, 0.2) is 0 Å². The van der Waals surface area contributed by atoms with Crippen molar-refractivity contribution in [2.75, 3.05) is 27.8 Å². The highest BCUT2D eigenvalue weighted by molar-refractivity contribution is 5.83. The number of esters is 1. The maximum absolute atomic E-state index is 14.2. The molecule has 16 nitrogen and oxygen atoms in total. The Labute approximate surface area is 326 Å². The molecule has 19 atom stereocenters. The molecule has 318 valence electrons. The van der Waals surface area contributed by atoms with E-state index in [2.05, 4.69) is 0 Å². The van der Waals surface area contributed by atoms with Gasteiger partial charge in [0.1, 0.15) is 42.4 Å². The molecule has 0 saturated carbocycles. The van der Waals surface area contributed by atoms with Crippen LogP contribution in [-0.2, 0) is 42.7 Å². The molecule has 16 heteroatoms. The number of likely N-dealkylation sites (N-methyl/N-ethyl adjacent to an activating group) is 1. The van der Waals surface area contributed by atoms with E-state index in [1.54, 1.807) is 67.5 Å². The Kier molecular flexibility index (Phi) is 16.3. The van der Waals surface area contributed by atoms with E-state index in [1.807, 2.05) is 6.07 Å². The Bertz CT molecular complexity index is 1330. The number of nitrogens with zero attached hydrogens (tertiary/aromatic N) is 2. The first kappa shape index (κ1) is 47.5. The van der Waals surface area contributed by atoms with Crippen LogP contribution in [0.3, 0.4) is 0 Å². The van der Waals surface area contributed by atoms with Gasteiger partial charge in [-0.2, -0.15) is 5.26 Å². The number of aliphatic hydroxyl groups excluding tert-OH is 3. The zero-order valence-corrected chi connectivity index (χ0v) is 34.9. The molecule has 3 fully saturated rings. The molecule has 0 aromatic rings. The second-order valence-corrected chi connectivity index (χ2v) is 17.0. The van der Waals surface area contributed by atoms with Gasteiger partial charge in [-0.1, -0.05) is 27.7 Å². The topological polar surface area (TPSA) is 227 Å². The van der Waals surface area contributed by atoms with Crippen molar-refractivity contribution in [1.29, 1.82) is 5.26 Å². The highest BCUT2D eigenvalue weighted by atomic mass is 16.7. The van der Waals surface area contributed by atoms with Gasteiger partial charge in [-0.05, 0) is 68.5 Å². The molecule has 3 aliphatic heterocycles. The molecule has 0 spiro atoms. The van der Waals surface area contributed by atoms with Crippen molar-refractivity contribution in [3.05, 3.63) is 0 Å². The molecular formula is C39H68N2O14. The summed E-state index contributed by atoms with van der Waals surface area (Å²) in [5.41, 5.74) is -5.00. The summed E-state index contributed by atoms with van der Waals surface area (Å²) in [6.07, 6.45) is -12.3. The third-order valence-corrected chi connectivity index (χ3v) is 12.3. The first-order chi connectivity index (χ1) is 25.4. The number of carbonyl (C=O) groups is 2. The van der Waals surface area contributed by atoms with Gasteiger partial charge in [-0.3, -0.25) is 9.59 Å². The fraction of sp³-hybridized carbons (Fsp3) is 0.923. The van der Waals surface area contributed by atoms with Gasteiger partial charge in [-0.25, -0.2) is 0 Å². The lowest BCUT2D eigenvalue weighted by atomic mass is 9.74. The summed E-state index contributed by atoms with van der Waals surface area (Å²) in [7, 11) is 4.94. The number of ether oxygens (including phenoxy) is 7. The van der Waals surface area contributed by atoms with Crippen molar-refractivity contribution < 1.29 is 68.3 Å². The van der Waals surface area contributed by atoms with Crippen LogP contribution >= 0.6 is 0 Å². The first-order valence-electron chi connectivity index (χ1n) is 19.4. The van der Waals surface area contributed by atoms with Gasteiger partial charge in [0.05, 0.1) is 59.8 Å². The molecule has 3 saturated heterocycles. The Balaban J connectivity index is 2.20. The largest absolute Gasteiger partial charge is 0.459 e. The van der Waals surface area contributed by atoms with E-state index in [1.165, 1.54) is 27.9 Å². The van der Waals surface area contributed by atoms with Crippen molar-refractivity contribution >= 4 is 11.8 Å². The number of carbonyl (C=O) groups excluding carboxylic acids is 2. The minimum atomic E-state index is -2.03. The minimum absolute atomic E-state index is 0.0559. The van der Waals surface area contributed by atoms with Crippen LogP contribution in [0.1, 0.15) is 88.5 Å². The smallest absolute Gasteiger partial charge is 0.311 e. The van der Waals surface area contributed by atoms with Crippen molar-refractivity contribution in [2.24, 2.45) is 23.7 Å². The number of cyclic esters (lactones) is 1. The summed E-state index contributed by atoms with van der Waals surface area (Å²) in [6, 6.07) is 1.24. The molecule has 3 heterocycles. The number of rotatable bonds is 9. The molecule has 3 rings (SSSR count). The number of aliphatic hydroxyl groups is 5. The fourth-order valence-electron chi connectivity index (χ4n) is 8.84.